The molecule has 27 heavy (non-hydrogen) atoms. The lowest BCUT2D eigenvalue weighted by molar-refractivity contribution is 0.703. The molecule has 3 rings (SSSR count). The first-order valence-corrected chi connectivity index (χ1v) is 8.45. The lowest BCUT2D eigenvalue weighted by Gasteiger charge is -2.06. The average Bonchev–Trinajstić information content (AvgIpc) is 3.02. The maximum atomic E-state index is 12.6. The molecule has 1 N–H and O–H groups in total. The van der Waals surface area contributed by atoms with Crippen molar-refractivity contribution < 1.29 is 0 Å². The minimum Gasteiger partial charge on any atom is -0.299 e. The van der Waals surface area contributed by atoms with E-state index in [2.05, 4.69) is 20.5 Å². The maximum Gasteiger partial charge on any atom is 0.332 e. The van der Waals surface area contributed by atoms with Crippen LogP contribution in [-0.2, 0) is 20.6 Å². The fourth-order valence-corrected chi connectivity index (χ4v) is 2.61. The highest BCUT2D eigenvalue weighted by molar-refractivity contribution is 6.29. The minimum atomic E-state index is -0.451. The molecule has 3 heterocycles. The Morgan fingerprint density at radius 2 is 1.96 bits per heavy atom. The molecule has 10 heteroatoms. The molecule has 0 saturated carbocycles. The number of hydrogen-bond donors (Lipinski definition) is 1. The fourth-order valence-electron chi connectivity index (χ4n) is 2.54. The second-order valence-electron chi connectivity index (χ2n) is 5.87. The van der Waals surface area contributed by atoms with Crippen LogP contribution in [0.15, 0.2) is 50.3 Å². The second kappa shape index (κ2) is 7.58. The second-order valence-corrected chi connectivity index (χ2v) is 6.46. The van der Waals surface area contributed by atoms with Crippen LogP contribution >= 0.6 is 11.6 Å². The molecule has 0 aliphatic heterocycles. The normalized spacial score (nSPS) is 12.2. The Labute approximate surface area is 159 Å². The van der Waals surface area contributed by atoms with Gasteiger partial charge in [0.15, 0.2) is 11.2 Å². The first-order valence-electron chi connectivity index (χ1n) is 8.07. The third-order valence-electron chi connectivity index (χ3n) is 3.99. The van der Waals surface area contributed by atoms with Crippen molar-refractivity contribution in [2.45, 2.75) is 13.5 Å². The van der Waals surface area contributed by atoms with E-state index in [0.717, 1.165) is 10.1 Å². The van der Waals surface area contributed by atoms with Crippen LogP contribution in [-0.4, -0.2) is 29.9 Å². The smallest absolute Gasteiger partial charge is 0.299 e. The molecule has 3 aromatic heterocycles. The molecule has 0 aliphatic rings. The Bertz CT molecular complexity index is 1150. The fraction of sp³-hybridized carbons (Fsp3) is 0.235. The Morgan fingerprint density at radius 3 is 2.63 bits per heavy atom. The van der Waals surface area contributed by atoms with Crippen molar-refractivity contribution >= 4 is 34.9 Å². The van der Waals surface area contributed by atoms with Crippen molar-refractivity contribution in [3.05, 3.63) is 62.0 Å². The third kappa shape index (κ3) is 3.68. The van der Waals surface area contributed by atoms with Crippen LogP contribution < -0.4 is 16.7 Å². The van der Waals surface area contributed by atoms with E-state index in [4.69, 9.17) is 11.6 Å². The number of nitrogens with zero attached hydrogens (tertiary/aromatic N) is 6. The van der Waals surface area contributed by atoms with Gasteiger partial charge in [-0.3, -0.25) is 23.5 Å². The van der Waals surface area contributed by atoms with Gasteiger partial charge in [0.1, 0.15) is 0 Å². The van der Waals surface area contributed by atoms with E-state index in [-0.39, 0.29) is 11.2 Å². The molecule has 0 saturated heterocycles. The summed E-state index contributed by atoms with van der Waals surface area (Å²) in [6.07, 6.45) is 6.66. The molecule has 0 aromatic carbocycles. The summed E-state index contributed by atoms with van der Waals surface area (Å²) in [5.74, 6) is 0.322. The van der Waals surface area contributed by atoms with Crippen molar-refractivity contribution in [2.75, 3.05) is 5.43 Å². The lowest BCUT2D eigenvalue weighted by atomic mass is 10.3. The van der Waals surface area contributed by atoms with Crippen LogP contribution in [0, 0.1) is 0 Å². The Balaban J connectivity index is 2.12. The lowest BCUT2D eigenvalue weighted by Crippen LogP contribution is -2.37. The van der Waals surface area contributed by atoms with Gasteiger partial charge in [-0.2, -0.15) is 10.1 Å². The molecule has 9 nitrogen and oxygen atoms in total. The zero-order valence-corrected chi connectivity index (χ0v) is 15.8. The first kappa shape index (κ1) is 18.6. The number of hydrazone groups is 1. The number of imidazole rings is 1. The van der Waals surface area contributed by atoms with Gasteiger partial charge in [-0.15, -0.1) is 0 Å². The summed E-state index contributed by atoms with van der Waals surface area (Å²) in [5, 5.41) is 4.74. The number of allylic oxidation sites excluding steroid dienone is 2. The number of pyridine rings is 1. The summed E-state index contributed by atoms with van der Waals surface area (Å²) in [6.45, 7) is 2.04. The summed E-state index contributed by atoms with van der Waals surface area (Å²) in [7, 11) is 2.99. The van der Waals surface area contributed by atoms with Crippen LogP contribution in [0.2, 0.25) is 0 Å². The molecule has 0 aliphatic carbocycles. The van der Waals surface area contributed by atoms with Crippen molar-refractivity contribution in [3.8, 4) is 0 Å². The predicted octanol–water partition coefficient (Wildman–Crippen LogP) is 1.42. The topological polar surface area (TPSA) is 99.1 Å². The molecule has 0 atom stereocenters. The number of nitrogens with one attached hydrogen (secondary N) is 1. The van der Waals surface area contributed by atoms with Gasteiger partial charge in [0.05, 0.1) is 6.21 Å². The van der Waals surface area contributed by atoms with Crippen LogP contribution in [0.25, 0.3) is 11.2 Å². The molecule has 0 fully saturated rings. The van der Waals surface area contributed by atoms with Crippen molar-refractivity contribution in [2.24, 2.45) is 19.2 Å². The Hall–Kier alpha value is -3.20. The van der Waals surface area contributed by atoms with Gasteiger partial charge >= 0.3 is 5.69 Å². The number of rotatable bonds is 5. The van der Waals surface area contributed by atoms with Gasteiger partial charge in [-0.1, -0.05) is 17.7 Å². The van der Waals surface area contributed by atoms with Gasteiger partial charge < -0.3 is 0 Å². The van der Waals surface area contributed by atoms with Crippen LogP contribution in [0.3, 0.4) is 0 Å². The summed E-state index contributed by atoms with van der Waals surface area (Å²) >= 11 is 5.94. The predicted molar refractivity (Wildman–Crippen MR) is 105 cm³/mol. The number of anilines is 1. The zero-order valence-electron chi connectivity index (χ0n) is 15.0. The average molecular weight is 388 g/mol. The molecule has 3 aromatic rings. The van der Waals surface area contributed by atoms with E-state index in [0.29, 0.717) is 17.5 Å². The number of aryl methyl sites for hydroxylation is 1. The highest BCUT2D eigenvalue weighted by Crippen LogP contribution is 2.16. The van der Waals surface area contributed by atoms with Gasteiger partial charge in [-0.25, -0.2) is 10.2 Å². The highest BCUT2D eigenvalue weighted by atomic mass is 35.5. The van der Waals surface area contributed by atoms with Gasteiger partial charge in [0.2, 0.25) is 5.95 Å². The molecule has 0 radical (unpaired) electrons. The Kier molecular flexibility index (Phi) is 5.22. The van der Waals surface area contributed by atoms with Crippen LogP contribution in [0.4, 0.5) is 5.95 Å². The van der Waals surface area contributed by atoms with Gasteiger partial charge in [-0.05, 0) is 24.6 Å². The van der Waals surface area contributed by atoms with Crippen LogP contribution in [0.5, 0.6) is 0 Å². The molecular weight excluding hydrogens is 370 g/mol. The van der Waals surface area contributed by atoms with Gasteiger partial charge in [0, 0.05) is 38.1 Å². The molecule has 0 amide bonds. The standard InChI is InChI=1S/C17H18ClN7O2/c1-11(18)6-9-25-13-14(23(2)17(27)24(3)15(13)26)21-16(25)22-20-10-12-4-7-19-8-5-12/h4-8,10H,9H2,1-3H3,(H,21,22). The Morgan fingerprint density at radius 1 is 1.26 bits per heavy atom. The van der Waals surface area contributed by atoms with Crippen LogP contribution in [0.1, 0.15) is 12.5 Å². The number of aromatic nitrogens is 5. The maximum absolute atomic E-state index is 12.6. The van der Waals surface area contributed by atoms with E-state index in [9.17, 15) is 9.59 Å². The van der Waals surface area contributed by atoms with E-state index in [1.54, 1.807) is 55.4 Å². The molecule has 0 bridgehead atoms. The summed E-state index contributed by atoms with van der Waals surface area (Å²) in [5.41, 5.74) is 3.35. The van der Waals surface area contributed by atoms with Crippen molar-refractivity contribution in [1.82, 2.24) is 23.7 Å². The van der Waals surface area contributed by atoms with E-state index in [1.807, 2.05) is 0 Å². The highest BCUT2D eigenvalue weighted by Gasteiger charge is 2.18. The molecule has 0 spiro atoms. The minimum absolute atomic E-state index is 0.269. The van der Waals surface area contributed by atoms with E-state index < -0.39 is 11.2 Å². The molecular formula is C17H18ClN7O2. The third-order valence-corrected chi connectivity index (χ3v) is 4.14. The van der Waals surface area contributed by atoms with Crippen molar-refractivity contribution in [1.29, 1.82) is 0 Å². The number of fused-ring (bicyclic) bond motifs is 1. The first-order chi connectivity index (χ1) is 12.9. The SMILES string of the molecule is CC(Cl)=CCn1c(NN=Cc2ccncc2)nc2c1c(=O)n(C)c(=O)n2C. The van der Waals surface area contributed by atoms with E-state index >= 15 is 0 Å². The quantitative estimate of drug-likeness (QED) is 0.527. The monoisotopic (exact) mass is 387 g/mol. The summed E-state index contributed by atoms with van der Waals surface area (Å²) in [6, 6.07) is 3.60. The zero-order chi connectivity index (χ0) is 19.6. The summed E-state index contributed by atoms with van der Waals surface area (Å²) in [4.78, 5) is 33.1. The van der Waals surface area contributed by atoms with Crippen molar-refractivity contribution in [3.63, 3.8) is 0 Å². The summed E-state index contributed by atoms with van der Waals surface area (Å²) < 4.78 is 4.00. The van der Waals surface area contributed by atoms with E-state index in [1.165, 1.54) is 11.6 Å². The number of halogens is 1. The largest absolute Gasteiger partial charge is 0.332 e. The van der Waals surface area contributed by atoms with Gasteiger partial charge in [0.25, 0.3) is 5.56 Å². The molecule has 0 unspecified atom stereocenters. The molecule has 140 valence electrons. The number of hydrogen-bond acceptors (Lipinski definition) is 6.